The van der Waals surface area contributed by atoms with Gasteiger partial charge in [-0.2, -0.15) is 0 Å². The number of carbonyl (C=O) groups is 1. The monoisotopic (exact) mass is 172 g/mol. The molecule has 0 aliphatic heterocycles. The van der Waals surface area contributed by atoms with Crippen molar-refractivity contribution in [1.29, 1.82) is 0 Å². The average Bonchev–Trinajstić information content (AvgIpc) is 2.33. The largest absolute Gasteiger partial charge is 0.481 e. The first-order valence-corrected chi connectivity index (χ1v) is 3.41. The SMILES string of the molecule is N[C@@H](CC(=O)O)c1c[nH]cc1F. The highest BCUT2D eigenvalue weighted by Crippen LogP contribution is 2.16. The molecule has 1 heterocycles. The van der Waals surface area contributed by atoms with Crippen LogP contribution in [0.4, 0.5) is 4.39 Å². The fourth-order valence-electron chi connectivity index (χ4n) is 0.939. The highest BCUT2D eigenvalue weighted by atomic mass is 19.1. The number of rotatable bonds is 3. The topological polar surface area (TPSA) is 79.1 Å². The van der Waals surface area contributed by atoms with E-state index in [9.17, 15) is 9.18 Å². The van der Waals surface area contributed by atoms with Crippen LogP contribution in [0.25, 0.3) is 0 Å². The van der Waals surface area contributed by atoms with E-state index in [1.807, 2.05) is 0 Å². The van der Waals surface area contributed by atoms with Gasteiger partial charge in [0.05, 0.1) is 6.42 Å². The summed E-state index contributed by atoms with van der Waals surface area (Å²) in [6, 6.07) is -0.784. The summed E-state index contributed by atoms with van der Waals surface area (Å²) in [4.78, 5) is 12.7. The Morgan fingerprint density at radius 2 is 2.42 bits per heavy atom. The van der Waals surface area contributed by atoms with Gasteiger partial charge in [0.2, 0.25) is 0 Å². The molecule has 4 nitrogen and oxygen atoms in total. The van der Waals surface area contributed by atoms with Gasteiger partial charge in [0, 0.05) is 24.0 Å². The van der Waals surface area contributed by atoms with Crippen molar-refractivity contribution in [2.24, 2.45) is 5.73 Å². The normalized spacial score (nSPS) is 12.8. The number of nitrogens with two attached hydrogens (primary N) is 1. The quantitative estimate of drug-likeness (QED) is 0.625. The molecule has 0 saturated heterocycles. The van der Waals surface area contributed by atoms with Crippen LogP contribution in [0.5, 0.6) is 0 Å². The standard InChI is InChI=1S/C7H9FN2O2/c8-5-3-10-2-4(5)6(9)1-7(11)12/h2-3,6,10H,1,9H2,(H,11,12)/t6-/m0/s1. The van der Waals surface area contributed by atoms with Crippen molar-refractivity contribution in [2.75, 3.05) is 0 Å². The Balaban J connectivity index is 2.71. The molecule has 0 aliphatic carbocycles. The molecule has 0 saturated carbocycles. The van der Waals surface area contributed by atoms with E-state index >= 15 is 0 Å². The van der Waals surface area contributed by atoms with E-state index in [0.29, 0.717) is 0 Å². The molecule has 0 radical (unpaired) electrons. The van der Waals surface area contributed by atoms with E-state index in [0.717, 1.165) is 6.20 Å². The molecule has 1 rings (SSSR count). The van der Waals surface area contributed by atoms with Crippen LogP contribution >= 0.6 is 0 Å². The summed E-state index contributed by atoms with van der Waals surface area (Å²) in [7, 11) is 0. The Labute approximate surface area is 68.2 Å². The van der Waals surface area contributed by atoms with Gasteiger partial charge in [0.25, 0.3) is 0 Å². The molecule has 0 fully saturated rings. The molecule has 1 aromatic heterocycles. The summed E-state index contributed by atoms with van der Waals surface area (Å²) < 4.78 is 12.7. The van der Waals surface area contributed by atoms with Gasteiger partial charge in [-0.25, -0.2) is 4.39 Å². The van der Waals surface area contributed by atoms with Gasteiger partial charge in [-0.05, 0) is 0 Å². The van der Waals surface area contributed by atoms with Gasteiger partial charge in [-0.1, -0.05) is 0 Å². The molecule has 0 bridgehead atoms. The molecule has 1 atom stereocenters. The number of hydrogen-bond acceptors (Lipinski definition) is 2. The summed E-state index contributed by atoms with van der Waals surface area (Å²) >= 11 is 0. The molecule has 5 heteroatoms. The van der Waals surface area contributed by atoms with Gasteiger partial charge >= 0.3 is 5.97 Å². The van der Waals surface area contributed by atoms with Crippen LogP contribution in [-0.2, 0) is 4.79 Å². The number of aliphatic carboxylic acids is 1. The van der Waals surface area contributed by atoms with E-state index in [2.05, 4.69) is 4.98 Å². The Morgan fingerprint density at radius 3 is 2.83 bits per heavy atom. The molecule has 0 aliphatic rings. The minimum Gasteiger partial charge on any atom is -0.481 e. The minimum absolute atomic E-state index is 0.206. The third kappa shape index (κ3) is 1.82. The summed E-state index contributed by atoms with van der Waals surface area (Å²) in [5, 5.41) is 8.36. The number of nitrogens with one attached hydrogen (secondary N) is 1. The number of carboxylic acid groups (broad SMARTS) is 1. The van der Waals surface area contributed by atoms with E-state index < -0.39 is 17.8 Å². The minimum atomic E-state index is -1.04. The van der Waals surface area contributed by atoms with Crippen molar-refractivity contribution >= 4 is 5.97 Å². The number of aromatic amines is 1. The molecule has 0 amide bonds. The van der Waals surface area contributed by atoms with Crippen molar-refractivity contribution in [1.82, 2.24) is 4.98 Å². The Bertz CT molecular complexity index is 285. The number of H-pyrrole nitrogens is 1. The van der Waals surface area contributed by atoms with Crippen LogP contribution in [0.2, 0.25) is 0 Å². The second-order valence-electron chi connectivity index (χ2n) is 2.46. The highest BCUT2D eigenvalue weighted by Gasteiger charge is 2.14. The number of hydrogen-bond donors (Lipinski definition) is 3. The van der Waals surface area contributed by atoms with Gasteiger partial charge in [-0.15, -0.1) is 0 Å². The lowest BCUT2D eigenvalue weighted by atomic mass is 10.1. The van der Waals surface area contributed by atoms with E-state index in [-0.39, 0.29) is 12.0 Å². The Kier molecular flexibility index (Phi) is 2.44. The molecular formula is C7H9FN2O2. The summed E-state index contributed by atoms with van der Waals surface area (Å²) in [5.41, 5.74) is 5.61. The van der Waals surface area contributed by atoms with Crippen LogP contribution in [0.1, 0.15) is 18.0 Å². The van der Waals surface area contributed by atoms with E-state index in [1.165, 1.54) is 6.20 Å². The van der Waals surface area contributed by atoms with Crippen molar-refractivity contribution in [3.8, 4) is 0 Å². The molecule has 4 N–H and O–H groups in total. The number of aromatic nitrogens is 1. The van der Waals surface area contributed by atoms with Crippen LogP contribution in [0.15, 0.2) is 12.4 Å². The molecule has 0 unspecified atom stereocenters. The van der Waals surface area contributed by atoms with Crippen LogP contribution in [0.3, 0.4) is 0 Å². The first-order chi connectivity index (χ1) is 5.61. The lowest BCUT2D eigenvalue weighted by molar-refractivity contribution is -0.137. The van der Waals surface area contributed by atoms with E-state index in [4.69, 9.17) is 10.8 Å². The average molecular weight is 172 g/mol. The van der Waals surface area contributed by atoms with Gasteiger partial charge < -0.3 is 15.8 Å². The van der Waals surface area contributed by atoms with Crippen molar-refractivity contribution < 1.29 is 14.3 Å². The zero-order valence-electron chi connectivity index (χ0n) is 6.25. The zero-order chi connectivity index (χ0) is 9.14. The first kappa shape index (κ1) is 8.73. The van der Waals surface area contributed by atoms with Crippen LogP contribution < -0.4 is 5.73 Å². The first-order valence-electron chi connectivity index (χ1n) is 3.41. The third-order valence-electron chi connectivity index (χ3n) is 1.52. The fourth-order valence-corrected chi connectivity index (χ4v) is 0.939. The second-order valence-corrected chi connectivity index (χ2v) is 2.46. The van der Waals surface area contributed by atoms with Gasteiger partial charge in [0.1, 0.15) is 5.82 Å². The molecule has 0 aromatic carbocycles. The Morgan fingerprint density at radius 1 is 1.75 bits per heavy atom. The predicted molar refractivity (Wildman–Crippen MR) is 39.9 cm³/mol. The maximum Gasteiger partial charge on any atom is 0.305 e. The Hall–Kier alpha value is -1.36. The van der Waals surface area contributed by atoms with E-state index in [1.54, 1.807) is 0 Å². The van der Waals surface area contributed by atoms with Gasteiger partial charge in [-0.3, -0.25) is 4.79 Å². The fraction of sp³-hybridized carbons (Fsp3) is 0.286. The van der Waals surface area contributed by atoms with Crippen LogP contribution in [0, 0.1) is 5.82 Å². The second kappa shape index (κ2) is 3.36. The van der Waals surface area contributed by atoms with Crippen molar-refractivity contribution in [3.05, 3.63) is 23.8 Å². The lowest BCUT2D eigenvalue weighted by Crippen LogP contribution is -2.15. The zero-order valence-corrected chi connectivity index (χ0v) is 6.25. The maximum atomic E-state index is 12.7. The summed E-state index contributed by atoms with van der Waals surface area (Å²) in [5.74, 6) is -1.54. The molecule has 0 spiro atoms. The smallest absolute Gasteiger partial charge is 0.305 e. The summed E-state index contributed by atoms with van der Waals surface area (Å²) in [6.07, 6.45) is 2.23. The lowest BCUT2D eigenvalue weighted by Gasteiger charge is -2.05. The maximum absolute atomic E-state index is 12.7. The van der Waals surface area contributed by atoms with Crippen molar-refractivity contribution in [3.63, 3.8) is 0 Å². The number of halogens is 1. The molecule has 1 aromatic rings. The third-order valence-corrected chi connectivity index (χ3v) is 1.52. The van der Waals surface area contributed by atoms with Gasteiger partial charge in [0.15, 0.2) is 0 Å². The molecule has 66 valence electrons. The summed E-state index contributed by atoms with van der Waals surface area (Å²) in [6.45, 7) is 0. The van der Waals surface area contributed by atoms with Crippen LogP contribution in [-0.4, -0.2) is 16.1 Å². The molecular weight excluding hydrogens is 163 g/mol. The molecule has 12 heavy (non-hydrogen) atoms. The van der Waals surface area contributed by atoms with Crippen molar-refractivity contribution in [2.45, 2.75) is 12.5 Å². The predicted octanol–water partition coefficient (Wildman–Crippen LogP) is 0.628. The highest BCUT2D eigenvalue weighted by molar-refractivity contribution is 5.67. The number of carboxylic acids is 1.